The lowest BCUT2D eigenvalue weighted by Crippen LogP contribution is -2.35. The lowest BCUT2D eigenvalue weighted by atomic mass is 9.93. The molecular weight excluding hydrogens is 228 g/mol. The highest BCUT2D eigenvalue weighted by atomic mass is 16.5. The minimum Gasteiger partial charge on any atom is -0.547 e. The van der Waals surface area contributed by atoms with Crippen molar-refractivity contribution in [3.8, 4) is 0 Å². The number of esters is 1. The number of hydrogen-bond acceptors (Lipinski definition) is 6. The summed E-state index contributed by atoms with van der Waals surface area (Å²) in [6.07, 6.45) is -0.506. The van der Waals surface area contributed by atoms with E-state index >= 15 is 0 Å². The van der Waals surface area contributed by atoms with E-state index in [2.05, 4.69) is 4.74 Å². The van der Waals surface area contributed by atoms with Gasteiger partial charge in [0.1, 0.15) is 0 Å². The predicted molar refractivity (Wildman–Crippen MR) is 56.7 cm³/mol. The van der Waals surface area contributed by atoms with Crippen molar-refractivity contribution < 1.29 is 29.6 Å². The molecule has 2 atom stereocenters. The number of aliphatic carboxylic acids is 1. The number of ether oxygens (including phenoxy) is 1. The van der Waals surface area contributed by atoms with Crippen LogP contribution in [0.5, 0.6) is 0 Å². The first kappa shape index (κ1) is 15.9. The third kappa shape index (κ3) is 7.70. The molecule has 6 nitrogen and oxygen atoms in total. The lowest BCUT2D eigenvalue weighted by molar-refractivity contribution is -0.315. The molecule has 0 fully saturated rings. The van der Waals surface area contributed by atoms with Gasteiger partial charge >= 0.3 is 5.97 Å². The number of carboxylic acids is 1. The second-order valence-corrected chi connectivity index (χ2v) is 4.30. The summed E-state index contributed by atoms with van der Waals surface area (Å²) < 4.78 is 4.44. The zero-order valence-corrected chi connectivity index (χ0v) is 10.1. The Morgan fingerprint density at radius 1 is 1.41 bits per heavy atom. The first-order valence-corrected chi connectivity index (χ1v) is 5.46. The molecule has 0 aromatic heterocycles. The van der Waals surface area contributed by atoms with E-state index in [1.165, 1.54) is 7.11 Å². The smallest absolute Gasteiger partial charge is 0.305 e. The van der Waals surface area contributed by atoms with E-state index in [0.717, 1.165) is 0 Å². The molecule has 6 heteroatoms. The van der Waals surface area contributed by atoms with E-state index < -0.39 is 23.6 Å². The molecule has 0 spiro atoms. The highest BCUT2D eigenvalue weighted by molar-refractivity contribution is 5.69. The fourth-order valence-electron chi connectivity index (χ4n) is 1.39. The molecule has 0 saturated carbocycles. The van der Waals surface area contributed by atoms with E-state index in [-0.39, 0.29) is 19.3 Å². The van der Waals surface area contributed by atoms with Crippen molar-refractivity contribution in [1.82, 2.24) is 0 Å². The standard InChI is InChI=1S/C11H20O6/c1-11(16,7-5-9(13)17-2)6-3-4-8(12)10(14)15/h8,12,16H,3-7H2,1-2H3,(H,14,15)/p-1. The zero-order chi connectivity index (χ0) is 13.5. The van der Waals surface area contributed by atoms with Gasteiger partial charge < -0.3 is 24.9 Å². The van der Waals surface area contributed by atoms with Crippen molar-refractivity contribution in [3.05, 3.63) is 0 Å². The minimum atomic E-state index is -1.51. The van der Waals surface area contributed by atoms with Gasteiger partial charge in [-0.2, -0.15) is 0 Å². The van der Waals surface area contributed by atoms with Gasteiger partial charge in [0.15, 0.2) is 0 Å². The normalized spacial score (nSPS) is 16.0. The van der Waals surface area contributed by atoms with Crippen LogP contribution in [-0.4, -0.2) is 41.0 Å². The molecule has 0 aromatic carbocycles. The first-order chi connectivity index (χ1) is 7.78. The van der Waals surface area contributed by atoms with Gasteiger partial charge in [0.2, 0.25) is 0 Å². The first-order valence-electron chi connectivity index (χ1n) is 5.46. The molecule has 0 rings (SSSR count). The van der Waals surface area contributed by atoms with E-state index in [1.807, 2.05) is 0 Å². The molecule has 0 aliphatic carbocycles. The van der Waals surface area contributed by atoms with Crippen LogP contribution < -0.4 is 5.11 Å². The summed E-state index contributed by atoms with van der Waals surface area (Å²) in [7, 11) is 1.27. The SMILES string of the molecule is COC(=O)CCC(C)(O)CCCC(O)C(=O)[O-]. The largest absolute Gasteiger partial charge is 0.547 e. The topological polar surface area (TPSA) is 107 Å². The molecule has 0 amide bonds. The molecule has 2 N–H and O–H groups in total. The molecule has 0 radical (unpaired) electrons. The Morgan fingerprint density at radius 3 is 2.47 bits per heavy atom. The van der Waals surface area contributed by atoms with Gasteiger partial charge in [-0.15, -0.1) is 0 Å². The van der Waals surface area contributed by atoms with Gasteiger partial charge in [0, 0.05) is 6.42 Å². The third-order valence-electron chi connectivity index (χ3n) is 2.56. The molecular formula is C11H19O6-. The molecule has 0 aliphatic rings. The summed E-state index contributed by atoms with van der Waals surface area (Å²) in [5.74, 6) is -1.92. The van der Waals surface area contributed by atoms with Crippen LogP contribution in [-0.2, 0) is 14.3 Å². The number of carbonyl (C=O) groups is 2. The zero-order valence-electron chi connectivity index (χ0n) is 10.1. The summed E-state index contributed by atoms with van der Waals surface area (Å²) in [4.78, 5) is 21.1. The Kier molecular flexibility index (Phi) is 6.75. The van der Waals surface area contributed by atoms with E-state index in [0.29, 0.717) is 12.8 Å². The number of rotatable bonds is 8. The summed E-state index contributed by atoms with van der Waals surface area (Å²) in [6, 6.07) is 0. The van der Waals surface area contributed by atoms with Gasteiger partial charge in [-0.05, 0) is 32.6 Å². The van der Waals surface area contributed by atoms with Crippen molar-refractivity contribution >= 4 is 11.9 Å². The molecule has 0 saturated heterocycles. The maximum absolute atomic E-state index is 10.9. The summed E-state index contributed by atoms with van der Waals surface area (Å²) in [5.41, 5.74) is -1.07. The highest BCUT2D eigenvalue weighted by Gasteiger charge is 2.22. The monoisotopic (exact) mass is 247 g/mol. The van der Waals surface area contributed by atoms with Crippen LogP contribution in [0.4, 0.5) is 0 Å². The van der Waals surface area contributed by atoms with Gasteiger partial charge in [-0.3, -0.25) is 4.79 Å². The van der Waals surface area contributed by atoms with Crippen molar-refractivity contribution in [2.75, 3.05) is 7.11 Å². The molecule has 2 unspecified atom stereocenters. The van der Waals surface area contributed by atoms with Crippen LogP contribution in [0.2, 0.25) is 0 Å². The van der Waals surface area contributed by atoms with Crippen LogP contribution in [0.25, 0.3) is 0 Å². The fourth-order valence-corrected chi connectivity index (χ4v) is 1.39. The summed E-state index contributed by atoms with van der Waals surface area (Å²) in [6.45, 7) is 1.56. The molecule has 17 heavy (non-hydrogen) atoms. The number of aliphatic hydroxyl groups is 2. The van der Waals surface area contributed by atoms with Crippen LogP contribution >= 0.6 is 0 Å². The van der Waals surface area contributed by atoms with Crippen molar-refractivity contribution in [2.45, 2.75) is 50.7 Å². The van der Waals surface area contributed by atoms with Gasteiger partial charge in [0.05, 0.1) is 24.8 Å². The summed E-state index contributed by atoms with van der Waals surface area (Å²) >= 11 is 0. The van der Waals surface area contributed by atoms with Crippen LogP contribution in [0.15, 0.2) is 0 Å². The number of methoxy groups -OCH3 is 1. The molecule has 0 heterocycles. The maximum Gasteiger partial charge on any atom is 0.305 e. The number of aliphatic hydroxyl groups excluding tert-OH is 1. The Balaban J connectivity index is 3.85. The lowest BCUT2D eigenvalue weighted by Gasteiger charge is -2.23. The van der Waals surface area contributed by atoms with Crippen LogP contribution in [0.3, 0.4) is 0 Å². The highest BCUT2D eigenvalue weighted by Crippen LogP contribution is 2.20. The van der Waals surface area contributed by atoms with Crippen LogP contribution in [0.1, 0.15) is 39.0 Å². The van der Waals surface area contributed by atoms with Gasteiger partial charge in [-0.25, -0.2) is 0 Å². The van der Waals surface area contributed by atoms with Gasteiger partial charge in [-0.1, -0.05) is 0 Å². The molecule has 0 bridgehead atoms. The predicted octanol–water partition coefficient (Wildman–Crippen LogP) is -1.03. The minimum absolute atomic E-state index is 0.0245. The third-order valence-corrected chi connectivity index (χ3v) is 2.56. The maximum atomic E-state index is 10.9. The second kappa shape index (κ2) is 7.24. The molecule has 0 aliphatic heterocycles. The number of carboxylic acid groups (broad SMARTS) is 1. The average molecular weight is 247 g/mol. The average Bonchev–Trinajstić information content (AvgIpc) is 2.25. The Bertz CT molecular complexity index is 261. The van der Waals surface area contributed by atoms with E-state index in [4.69, 9.17) is 5.11 Å². The number of carbonyl (C=O) groups excluding carboxylic acids is 2. The van der Waals surface area contributed by atoms with Crippen LogP contribution in [0, 0.1) is 0 Å². The Hall–Kier alpha value is -1.14. The van der Waals surface area contributed by atoms with E-state index in [9.17, 15) is 19.8 Å². The Morgan fingerprint density at radius 2 is 2.00 bits per heavy atom. The molecule has 0 aromatic rings. The number of hydrogen-bond donors (Lipinski definition) is 2. The molecule has 100 valence electrons. The van der Waals surface area contributed by atoms with Crippen molar-refractivity contribution in [3.63, 3.8) is 0 Å². The van der Waals surface area contributed by atoms with E-state index in [1.54, 1.807) is 6.92 Å². The Labute approximate surface area is 100 Å². The van der Waals surface area contributed by atoms with Crippen molar-refractivity contribution in [1.29, 1.82) is 0 Å². The fraction of sp³-hybridized carbons (Fsp3) is 0.818. The second-order valence-electron chi connectivity index (χ2n) is 4.30. The summed E-state index contributed by atoms with van der Waals surface area (Å²) in [5, 5.41) is 29.0. The van der Waals surface area contributed by atoms with Crippen molar-refractivity contribution in [2.24, 2.45) is 0 Å². The van der Waals surface area contributed by atoms with Gasteiger partial charge in [0.25, 0.3) is 0 Å². The quantitative estimate of drug-likeness (QED) is 0.531.